The number of rotatable bonds is 2. The molecule has 0 N–H and O–H groups in total. The van der Waals surface area contributed by atoms with E-state index in [4.69, 9.17) is 0 Å². The predicted molar refractivity (Wildman–Crippen MR) is 92.5 cm³/mol. The number of carbonyl (C=O) groups is 1. The van der Waals surface area contributed by atoms with Gasteiger partial charge in [-0.2, -0.15) is 5.26 Å². The van der Waals surface area contributed by atoms with Crippen molar-refractivity contribution in [2.24, 2.45) is 0 Å². The Hall–Kier alpha value is -2.86. The standard InChI is InChI=1S/C20H18N2O/c1-20(2,3)22-17-11-7-10-15(12-21)18(17)16(13-23)19(22)14-8-5-4-6-9-14/h4-11,13H,1-3H3. The van der Waals surface area contributed by atoms with Crippen molar-refractivity contribution in [3.8, 4) is 17.3 Å². The molecule has 0 aliphatic rings. The molecule has 0 spiro atoms. The highest BCUT2D eigenvalue weighted by molar-refractivity contribution is 6.07. The Balaban J connectivity index is 2.57. The molecule has 23 heavy (non-hydrogen) atoms. The maximum atomic E-state index is 11.9. The molecular weight excluding hydrogens is 284 g/mol. The number of aromatic nitrogens is 1. The highest BCUT2D eigenvalue weighted by atomic mass is 16.1. The molecule has 3 nitrogen and oxygen atoms in total. The summed E-state index contributed by atoms with van der Waals surface area (Å²) < 4.78 is 2.15. The molecule has 1 aromatic heterocycles. The minimum absolute atomic E-state index is 0.223. The molecule has 0 unspecified atom stereocenters. The summed E-state index contributed by atoms with van der Waals surface area (Å²) in [6, 6.07) is 17.7. The summed E-state index contributed by atoms with van der Waals surface area (Å²) >= 11 is 0. The van der Waals surface area contributed by atoms with Crippen LogP contribution in [0.5, 0.6) is 0 Å². The molecule has 0 bridgehead atoms. The Morgan fingerprint density at radius 2 is 1.74 bits per heavy atom. The molecule has 3 aromatic rings. The van der Waals surface area contributed by atoms with Crippen LogP contribution in [0.2, 0.25) is 0 Å². The predicted octanol–water partition coefficient (Wildman–Crippen LogP) is 4.75. The van der Waals surface area contributed by atoms with Crippen molar-refractivity contribution >= 4 is 17.2 Å². The van der Waals surface area contributed by atoms with Gasteiger partial charge >= 0.3 is 0 Å². The lowest BCUT2D eigenvalue weighted by Crippen LogP contribution is -2.22. The van der Waals surface area contributed by atoms with Gasteiger partial charge in [0, 0.05) is 16.5 Å². The number of benzene rings is 2. The SMILES string of the molecule is CC(C)(C)n1c(-c2ccccc2)c(C=O)c2c(C#N)cccc21. The molecule has 114 valence electrons. The van der Waals surface area contributed by atoms with Crippen molar-refractivity contribution in [1.29, 1.82) is 5.26 Å². The van der Waals surface area contributed by atoms with Crippen LogP contribution in [0, 0.1) is 11.3 Å². The fourth-order valence-electron chi connectivity index (χ4n) is 3.15. The Morgan fingerprint density at radius 3 is 2.30 bits per heavy atom. The zero-order valence-corrected chi connectivity index (χ0v) is 13.5. The van der Waals surface area contributed by atoms with E-state index in [0.717, 1.165) is 28.4 Å². The topological polar surface area (TPSA) is 45.8 Å². The summed E-state index contributed by atoms with van der Waals surface area (Å²) in [5, 5.41) is 10.2. The van der Waals surface area contributed by atoms with E-state index in [1.54, 1.807) is 6.07 Å². The summed E-state index contributed by atoms with van der Waals surface area (Å²) in [5.74, 6) is 0. The van der Waals surface area contributed by atoms with Crippen molar-refractivity contribution in [3.63, 3.8) is 0 Å². The van der Waals surface area contributed by atoms with Crippen LogP contribution in [-0.4, -0.2) is 10.9 Å². The van der Waals surface area contributed by atoms with Crippen molar-refractivity contribution in [3.05, 3.63) is 59.7 Å². The number of hydrogen-bond donors (Lipinski definition) is 0. The third-order valence-corrected chi connectivity index (χ3v) is 3.99. The Bertz CT molecular complexity index is 922. The van der Waals surface area contributed by atoms with E-state index in [-0.39, 0.29) is 5.54 Å². The fourth-order valence-corrected chi connectivity index (χ4v) is 3.15. The van der Waals surface area contributed by atoms with Gasteiger partial charge in [0.1, 0.15) is 0 Å². The Labute approximate surface area is 135 Å². The van der Waals surface area contributed by atoms with Gasteiger partial charge < -0.3 is 4.57 Å². The van der Waals surface area contributed by atoms with Crippen molar-refractivity contribution in [2.75, 3.05) is 0 Å². The van der Waals surface area contributed by atoms with Gasteiger partial charge in [0.2, 0.25) is 0 Å². The molecule has 2 aromatic carbocycles. The summed E-state index contributed by atoms with van der Waals surface area (Å²) in [6.07, 6.45) is 0.869. The van der Waals surface area contributed by atoms with Crippen LogP contribution >= 0.6 is 0 Å². The second kappa shape index (κ2) is 5.40. The third kappa shape index (κ3) is 2.33. The van der Waals surface area contributed by atoms with Crippen LogP contribution in [0.15, 0.2) is 48.5 Å². The number of nitrogens with zero attached hydrogens (tertiary/aromatic N) is 2. The molecule has 0 saturated carbocycles. The molecule has 0 amide bonds. The first-order chi connectivity index (χ1) is 11.0. The first kappa shape index (κ1) is 15.1. The van der Waals surface area contributed by atoms with E-state index in [0.29, 0.717) is 11.1 Å². The number of nitriles is 1. The van der Waals surface area contributed by atoms with Gasteiger partial charge in [-0.1, -0.05) is 36.4 Å². The smallest absolute Gasteiger partial charge is 0.152 e. The summed E-state index contributed by atoms with van der Waals surface area (Å²) in [7, 11) is 0. The Kier molecular flexibility index (Phi) is 3.54. The average Bonchev–Trinajstić information content (AvgIpc) is 2.90. The maximum absolute atomic E-state index is 11.9. The van der Waals surface area contributed by atoms with Gasteiger partial charge in [-0.3, -0.25) is 4.79 Å². The first-order valence-electron chi connectivity index (χ1n) is 7.57. The second-order valence-electron chi connectivity index (χ2n) is 6.56. The van der Waals surface area contributed by atoms with E-state index < -0.39 is 0 Å². The second-order valence-corrected chi connectivity index (χ2v) is 6.56. The molecule has 0 atom stereocenters. The Morgan fingerprint density at radius 1 is 1.04 bits per heavy atom. The molecule has 1 heterocycles. The molecule has 0 fully saturated rings. The normalized spacial score (nSPS) is 11.4. The maximum Gasteiger partial charge on any atom is 0.152 e. The van der Waals surface area contributed by atoms with Crippen LogP contribution < -0.4 is 0 Å². The van der Waals surface area contributed by atoms with Crippen molar-refractivity contribution in [2.45, 2.75) is 26.3 Å². The zero-order valence-electron chi connectivity index (χ0n) is 13.5. The highest BCUT2D eigenvalue weighted by Gasteiger charge is 2.26. The number of fused-ring (bicyclic) bond motifs is 1. The van der Waals surface area contributed by atoms with Gasteiger partial charge in [0.15, 0.2) is 6.29 Å². The van der Waals surface area contributed by atoms with E-state index in [1.807, 2.05) is 42.5 Å². The number of carbonyl (C=O) groups excluding carboxylic acids is 1. The minimum Gasteiger partial charge on any atom is -0.334 e. The lowest BCUT2D eigenvalue weighted by atomic mass is 10.0. The van der Waals surface area contributed by atoms with E-state index in [1.165, 1.54) is 0 Å². The molecule has 0 radical (unpaired) electrons. The quantitative estimate of drug-likeness (QED) is 0.641. The first-order valence-corrected chi connectivity index (χ1v) is 7.57. The van der Waals surface area contributed by atoms with Gasteiger partial charge in [0.05, 0.1) is 22.8 Å². The highest BCUT2D eigenvalue weighted by Crippen LogP contribution is 2.38. The van der Waals surface area contributed by atoms with Crippen molar-refractivity contribution in [1.82, 2.24) is 4.57 Å². The molecule has 0 saturated heterocycles. The van der Waals surface area contributed by atoms with Crippen LogP contribution in [0.1, 0.15) is 36.7 Å². The molecular formula is C20H18N2O. The molecule has 3 heteroatoms. The van der Waals surface area contributed by atoms with Gasteiger partial charge in [-0.15, -0.1) is 0 Å². The van der Waals surface area contributed by atoms with Gasteiger partial charge in [-0.05, 0) is 38.5 Å². The van der Waals surface area contributed by atoms with E-state index >= 15 is 0 Å². The van der Waals surface area contributed by atoms with Crippen LogP contribution in [0.25, 0.3) is 22.2 Å². The van der Waals surface area contributed by atoms with E-state index in [9.17, 15) is 10.1 Å². The van der Waals surface area contributed by atoms with Crippen LogP contribution in [0.4, 0.5) is 0 Å². The van der Waals surface area contributed by atoms with Gasteiger partial charge in [0.25, 0.3) is 0 Å². The largest absolute Gasteiger partial charge is 0.334 e. The third-order valence-electron chi connectivity index (χ3n) is 3.99. The molecule has 3 rings (SSSR count). The molecule has 0 aliphatic heterocycles. The summed E-state index contributed by atoms with van der Waals surface area (Å²) in [5.41, 5.74) is 3.65. The fraction of sp³-hybridized carbons (Fsp3) is 0.200. The van der Waals surface area contributed by atoms with Crippen LogP contribution in [0.3, 0.4) is 0 Å². The molecule has 0 aliphatic carbocycles. The number of hydrogen-bond acceptors (Lipinski definition) is 2. The summed E-state index contributed by atoms with van der Waals surface area (Å²) in [6.45, 7) is 6.31. The lowest BCUT2D eigenvalue weighted by molar-refractivity contribution is 0.112. The van der Waals surface area contributed by atoms with Crippen molar-refractivity contribution < 1.29 is 4.79 Å². The average molecular weight is 302 g/mol. The zero-order chi connectivity index (χ0) is 16.6. The van der Waals surface area contributed by atoms with E-state index in [2.05, 4.69) is 31.4 Å². The van der Waals surface area contributed by atoms with Crippen LogP contribution in [-0.2, 0) is 5.54 Å². The minimum atomic E-state index is -0.223. The summed E-state index contributed by atoms with van der Waals surface area (Å²) in [4.78, 5) is 11.9. The lowest BCUT2D eigenvalue weighted by Gasteiger charge is -2.26. The monoisotopic (exact) mass is 302 g/mol. The van der Waals surface area contributed by atoms with Gasteiger partial charge in [-0.25, -0.2) is 0 Å². The number of aldehydes is 1.